The Labute approximate surface area is 196 Å². The summed E-state index contributed by atoms with van der Waals surface area (Å²) < 4.78 is 24.8. The Hall–Kier alpha value is -3.89. The van der Waals surface area contributed by atoms with Crippen LogP contribution in [0.25, 0.3) is 11.1 Å². The maximum atomic E-state index is 14.9. The number of hydrogen-bond donors (Lipinski definition) is 1. The third kappa shape index (κ3) is 4.87. The molecule has 4 rings (SSSR count). The van der Waals surface area contributed by atoms with Gasteiger partial charge in [-0.2, -0.15) is 0 Å². The minimum Gasteiger partial charge on any atom is -0.453 e. The summed E-state index contributed by atoms with van der Waals surface area (Å²) in [7, 11) is 1.36. The van der Waals surface area contributed by atoms with Crippen molar-refractivity contribution in [1.82, 2.24) is 15.2 Å². The number of ether oxygens (including phenoxy) is 2. The van der Waals surface area contributed by atoms with E-state index in [-0.39, 0.29) is 25.0 Å². The summed E-state index contributed by atoms with van der Waals surface area (Å²) in [6.07, 6.45) is 0.111. The number of benzene rings is 1. The molecule has 11 heteroatoms. The first kappa shape index (κ1) is 23.3. The van der Waals surface area contributed by atoms with E-state index >= 15 is 0 Å². The van der Waals surface area contributed by atoms with Crippen molar-refractivity contribution in [2.24, 2.45) is 0 Å². The number of hydrogen-bond acceptors (Lipinski definition) is 7. The van der Waals surface area contributed by atoms with Crippen LogP contribution >= 0.6 is 0 Å². The van der Waals surface area contributed by atoms with E-state index in [9.17, 15) is 18.8 Å². The SMILES string of the molecule is CCC(=O)NC1CN(c2ccc(-c3ccc(N4CCN(C(=O)OC)CC4)nc3)c(F)c2)C(=O)O1. The van der Waals surface area contributed by atoms with Gasteiger partial charge in [0.15, 0.2) is 6.23 Å². The molecule has 2 aliphatic heterocycles. The minimum atomic E-state index is -0.770. The van der Waals surface area contributed by atoms with Crippen LogP contribution in [-0.4, -0.2) is 74.0 Å². The van der Waals surface area contributed by atoms with Crippen LogP contribution in [0.2, 0.25) is 0 Å². The van der Waals surface area contributed by atoms with E-state index in [1.165, 1.54) is 18.1 Å². The summed E-state index contributed by atoms with van der Waals surface area (Å²) in [5.74, 6) is 0.000306. The van der Waals surface area contributed by atoms with Gasteiger partial charge in [-0.05, 0) is 30.3 Å². The van der Waals surface area contributed by atoms with Crippen LogP contribution in [0.3, 0.4) is 0 Å². The molecule has 1 atom stereocenters. The van der Waals surface area contributed by atoms with Crippen LogP contribution in [-0.2, 0) is 14.3 Å². The summed E-state index contributed by atoms with van der Waals surface area (Å²) in [6, 6.07) is 8.08. The van der Waals surface area contributed by atoms with Gasteiger partial charge in [-0.1, -0.05) is 6.92 Å². The van der Waals surface area contributed by atoms with Gasteiger partial charge in [0.25, 0.3) is 0 Å². The van der Waals surface area contributed by atoms with Gasteiger partial charge in [0, 0.05) is 49.9 Å². The molecule has 1 N–H and O–H groups in total. The van der Waals surface area contributed by atoms with Gasteiger partial charge in [0.05, 0.1) is 19.3 Å². The lowest BCUT2D eigenvalue weighted by Gasteiger charge is -2.34. The third-order valence-electron chi connectivity index (χ3n) is 5.81. The van der Waals surface area contributed by atoms with Crippen molar-refractivity contribution < 1.29 is 28.2 Å². The molecule has 2 saturated heterocycles. The van der Waals surface area contributed by atoms with E-state index in [0.717, 1.165) is 5.82 Å². The van der Waals surface area contributed by atoms with Crippen molar-refractivity contribution in [1.29, 1.82) is 0 Å². The highest BCUT2D eigenvalue weighted by atomic mass is 19.1. The lowest BCUT2D eigenvalue weighted by atomic mass is 10.1. The van der Waals surface area contributed by atoms with Gasteiger partial charge in [0.1, 0.15) is 11.6 Å². The topological polar surface area (TPSA) is 104 Å². The van der Waals surface area contributed by atoms with E-state index < -0.39 is 18.1 Å². The monoisotopic (exact) mass is 471 g/mol. The molecule has 0 saturated carbocycles. The largest absolute Gasteiger partial charge is 0.453 e. The second-order valence-corrected chi connectivity index (χ2v) is 7.92. The van der Waals surface area contributed by atoms with Gasteiger partial charge >= 0.3 is 12.2 Å². The fraction of sp³-hybridized carbons (Fsp3) is 0.391. The first-order valence-corrected chi connectivity index (χ1v) is 11.0. The number of rotatable bonds is 5. The molecule has 1 aromatic heterocycles. The molecule has 2 aliphatic rings. The highest BCUT2D eigenvalue weighted by molar-refractivity contribution is 5.90. The van der Waals surface area contributed by atoms with Gasteiger partial charge in [-0.15, -0.1) is 0 Å². The summed E-state index contributed by atoms with van der Waals surface area (Å²) in [5, 5.41) is 2.60. The molecule has 10 nitrogen and oxygen atoms in total. The number of nitrogens with one attached hydrogen (secondary N) is 1. The quantitative estimate of drug-likeness (QED) is 0.715. The van der Waals surface area contributed by atoms with Crippen molar-refractivity contribution in [3.63, 3.8) is 0 Å². The predicted octanol–water partition coefficient (Wildman–Crippen LogP) is 2.59. The molecule has 0 radical (unpaired) electrons. The van der Waals surface area contributed by atoms with Gasteiger partial charge in [-0.25, -0.2) is 19.0 Å². The molecule has 0 aliphatic carbocycles. The Bertz CT molecular complexity index is 1070. The molecule has 1 aromatic carbocycles. The number of carbonyl (C=O) groups excluding carboxylic acids is 3. The summed E-state index contributed by atoms with van der Waals surface area (Å²) in [5.41, 5.74) is 1.28. The number of aromatic nitrogens is 1. The number of nitrogens with zero attached hydrogens (tertiary/aromatic N) is 4. The number of methoxy groups -OCH3 is 1. The fourth-order valence-corrected chi connectivity index (χ4v) is 3.92. The van der Waals surface area contributed by atoms with Crippen molar-refractivity contribution in [2.75, 3.05) is 49.6 Å². The third-order valence-corrected chi connectivity index (χ3v) is 5.81. The molecule has 3 heterocycles. The molecule has 3 amide bonds. The maximum Gasteiger partial charge on any atom is 0.416 e. The molecule has 180 valence electrons. The Balaban J connectivity index is 1.42. The Morgan fingerprint density at radius 2 is 1.97 bits per heavy atom. The standard InChI is InChI=1S/C23H26FN5O5/c1-3-20(30)26-21-14-29(23(32)34-21)16-5-6-17(18(24)12-16)15-4-7-19(25-13-15)27-8-10-28(11-9-27)22(31)33-2/h4-7,12-13,21H,3,8-11,14H2,1-2H3,(H,26,30). The lowest BCUT2D eigenvalue weighted by molar-refractivity contribution is -0.123. The minimum absolute atomic E-state index is 0.100. The van der Waals surface area contributed by atoms with Crippen LogP contribution in [0.5, 0.6) is 0 Å². The Kier molecular flexibility index (Phi) is 6.80. The van der Waals surface area contributed by atoms with E-state index in [1.807, 2.05) is 6.07 Å². The van der Waals surface area contributed by atoms with Crippen molar-refractivity contribution >= 4 is 29.6 Å². The zero-order chi connectivity index (χ0) is 24.2. The van der Waals surface area contributed by atoms with E-state index in [4.69, 9.17) is 9.47 Å². The maximum absolute atomic E-state index is 14.9. The van der Waals surface area contributed by atoms with Crippen LogP contribution in [0.1, 0.15) is 13.3 Å². The normalized spacial score (nSPS) is 18.0. The average Bonchev–Trinajstić information content (AvgIpc) is 3.23. The summed E-state index contributed by atoms with van der Waals surface area (Å²) in [6.45, 7) is 4.11. The first-order chi connectivity index (χ1) is 16.4. The molecule has 0 spiro atoms. The smallest absolute Gasteiger partial charge is 0.416 e. The number of halogens is 1. The van der Waals surface area contributed by atoms with Crippen LogP contribution in [0.4, 0.5) is 25.5 Å². The molecule has 1 unspecified atom stereocenters. The Morgan fingerprint density at radius 1 is 1.21 bits per heavy atom. The fourth-order valence-electron chi connectivity index (χ4n) is 3.92. The number of cyclic esters (lactones) is 1. The van der Waals surface area contributed by atoms with E-state index in [0.29, 0.717) is 43.0 Å². The Morgan fingerprint density at radius 3 is 2.59 bits per heavy atom. The van der Waals surface area contributed by atoms with Gasteiger partial charge in [0.2, 0.25) is 5.91 Å². The van der Waals surface area contributed by atoms with Gasteiger partial charge < -0.3 is 24.6 Å². The highest BCUT2D eigenvalue weighted by Gasteiger charge is 2.33. The molecule has 0 bridgehead atoms. The number of pyridine rings is 1. The summed E-state index contributed by atoms with van der Waals surface area (Å²) in [4.78, 5) is 44.8. The molecule has 2 fully saturated rings. The van der Waals surface area contributed by atoms with Crippen molar-refractivity contribution in [3.05, 3.63) is 42.3 Å². The van der Waals surface area contributed by atoms with Crippen molar-refractivity contribution in [3.8, 4) is 11.1 Å². The predicted molar refractivity (Wildman–Crippen MR) is 122 cm³/mol. The molecule has 2 aromatic rings. The number of piperazine rings is 1. The highest BCUT2D eigenvalue weighted by Crippen LogP contribution is 2.29. The number of carbonyl (C=O) groups is 3. The molecule has 34 heavy (non-hydrogen) atoms. The summed E-state index contributed by atoms with van der Waals surface area (Å²) >= 11 is 0. The van der Waals surface area contributed by atoms with Crippen LogP contribution in [0, 0.1) is 5.82 Å². The average molecular weight is 471 g/mol. The first-order valence-electron chi connectivity index (χ1n) is 11.0. The molecular weight excluding hydrogens is 445 g/mol. The second kappa shape index (κ2) is 9.94. The zero-order valence-electron chi connectivity index (χ0n) is 19.0. The van der Waals surface area contributed by atoms with Crippen LogP contribution in [0.15, 0.2) is 36.5 Å². The van der Waals surface area contributed by atoms with Crippen LogP contribution < -0.4 is 15.1 Å². The molecular formula is C23H26FN5O5. The van der Waals surface area contributed by atoms with E-state index in [2.05, 4.69) is 15.2 Å². The number of amides is 3. The second-order valence-electron chi connectivity index (χ2n) is 7.92. The van der Waals surface area contributed by atoms with Gasteiger partial charge in [-0.3, -0.25) is 9.69 Å². The van der Waals surface area contributed by atoms with E-state index in [1.54, 1.807) is 36.2 Å². The lowest BCUT2D eigenvalue weighted by Crippen LogP contribution is -2.49. The number of anilines is 2. The zero-order valence-corrected chi connectivity index (χ0v) is 19.0. The van der Waals surface area contributed by atoms with Crippen molar-refractivity contribution in [2.45, 2.75) is 19.6 Å².